The van der Waals surface area contributed by atoms with Gasteiger partial charge in [-0.2, -0.15) is 0 Å². The number of aliphatic hydroxyl groups excluding tert-OH is 1. The zero-order valence-electron chi connectivity index (χ0n) is 10.6. The Kier molecular flexibility index (Phi) is 4.59. The lowest BCUT2D eigenvalue weighted by atomic mass is 10.2. The van der Waals surface area contributed by atoms with Crippen LogP contribution in [0.3, 0.4) is 0 Å². The summed E-state index contributed by atoms with van der Waals surface area (Å²) in [5, 5.41) is 12.6. The summed E-state index contributed by atoms with van der Waals surface area (Å²) in [6.07, 6.45) is 0. The zero-order valence-corrected chi connectivity index (χ0v) is 12.1. The van der Waals surface area contributed by atoms with E-state index in [2.05, 4.69) is 10.1 Å². The molecule has 2 rings (SSSR count). The van der Waals surface area contributed by atoms with Crippen molar-refractivity contribution in [2.24, 2.45) is 0 Å². The van der Waals surface area contributed by atoms with E-state index in [1.54, 1.807) is 0 Å². The van der Waals surface area contributed by atoms with Crippen molar-refractivity contribution in [1.82, 2.24) is 5.32 Å². The van der Waals surface area contributed by atoms with Crippen molar-refractivity contribution >= 4 is 44.9 Å². The van der Waals surface area contributed by atoms with E-state index in [1.807, 2.05) is 24.3 Å². The van der Waals surface area contributed by atoms with Crippen molar-refractivity contribution in [2.75, 3.05) is 13.7 Å². The van der Waals surface area contributed by atoms with Gasteiger partial charge in [0.15, 0.2) is 6.04 Å². The van der Waals surface area contributed by atoms with E-state index in [0.29, 0.717) is 9.90 Å². The molecule has 20 heavy (non-hydrogen) atoms. The maximum absolute atomic E-state index is 12.1. The predicted molar refractivity (Wildman–Crippen MR) is 77.2 cm³/mol. The Labute approximate surface area is 124 Å². The molecular weight excluding hydrogens is 302 g/mol. The Bertz CT molecular complexity index is 655. The van der Waals surface area contributed by atoms with Crippen molar-refractivity contribution in [3.05, 3.63) is 34.2 Å². The van der Waals surface area contributed by atoms with E-state index in [4.69, 9.17) is 16.7 Å². The molecule has 0 saturated carbocycles. The van der Waals surface area contributed by atoms with Crippen LogP contribution in [0, 0.1) is 0 Å². The Morgan fingerprint density at radius 2 is 2.15 bits per heavy atom. The van der Waals surface area contributed by atoms with Crippen molar-refractivity contribution < 1.29 is 19.4 Å². The molecule has 0 bridgehead atoms. The molecule has 1 aromatic heterocycles. The molecule has 1 aromatic carbocycles. The molecule has 106 valence electrons. The van der Waals surface area contributed by atoms with Gasteiger partial charge in [-0.25, -0.2) is 4.79 Å². The number of rotatable bonds is 4. The average Bonchev–Trinajstić information content (AvgIpc) is 2.81. The minimum atomic E-state index is -1.10. The number of benzene rings is 1. The van der Waals surface area contributed by atoms with Gasteiger partial charge in [-0.3, -0.25) is 4.79 Å². The summed E-state index contributed by atoms with van der Waals surface area (Å²) >= 11 is 7.39. The van der Waals surface area contributed by atoms with Crippen molar-refractivity contribution in [3.63, 3.8) is 0 Å². The number of methoxy groups -OCH3 is 1. The fourth-order valence-electron chi connectivity index (χ4n) is 1.71. The van der Waals surface area contributed by atoms with Crippen LogP contribution in [-0.2, 0) is 9.53 Å². The van der Waals surface area contributed by atoms with E-state index in [-0.39, 0.29) is 0 Å². The third-order valence-corrected chi connectivity index (χ3v) is 4.39. The molecule has 1 amide bonds. The molecule has 0 aliphatic heterocycles. The van der Waals surface area contributed by atoms with Gasteiger partial charge in [0.25, 0.3) is 5.91 Å². The molecule has 0 aliphatic rings. The maximum atomic E-state index is 12.1. The van der Waals surface area contributed by atoms with Gasteiger partial charge in [0.1, 0.15) is 4.88 Å². The SMILES string of the molecule is COC(=O)[C@H](CO)NC(=O)c1sc2ccccc2c1Cl. The predicted octanol–water partition coefficient (Wildman–Crippen LogP) is 1.82. The second-order valence-corrected chi connectivity index (χ2v) is 5.40. The van der Waals surface area contributed by atoms with Crippen molar-refractivity contribution in [1.29, 1.82) is 0 Å². The number of carbonyl (C=O) groups is 2. The highest BCUT2D eigenvalue weighted by atomic mass is 35.5. The first-order valence-electron chi connectivity index (χ1n) is 5.75. The van der Waals surface area contributed by atoms with Gasteiger partial charge < -0.3 is 15.2 Å². The second kappa shape index (κ2) is 6.21. The number of esters is 1. The van der Waals surface area contributed by atoms with E-state index >= 15 is 0 Å². The van der Waals surface area contributed by atoms with Gasteiger partial charge in [0, 0.05) is 10.1 Å². The van der Waals surface area contributed by atoms with Gasteiger partial charge >= 0.3 is 5.97 Å². The normalized spacial score (nSPS) is 12.2. The third kappa shape index (κ3) is 2.77. The highest BCUT2D eigenvalue weighted by Gasteiger charge is 2.24. The fraction of sp³-hybridized carbons (Fsp3) is 0.231. The van der Waals surface area contributed by atoms with E-state index in [9.17, 15) is 9.59 Å². The summed E-state index contributed by atoms with van der Waals surface area (Å²) in [5.74, 6) is -1.22. The molecule has 0 aliphatic carbocycles. The first-order valence-corrected chi connectivity index (χ1v) is 6.94. The van der Waals surface area contributed by atoms with Crippen LogP contribution in [-0.4, -0.2) is 36.7 Å². The topological polar surface area (TPSA) is 75.6 Å². The molecule has 0 unspecified atom stereocenters. The summed E-state index contributed by atoms with van der Waals surface area (Å²) in [7, 11) is 1.18. The van der Waals surface area contributed by atoms with E-state index in [1.165, 1.54) is 18.4 Å². The third-order valence-electron chi connectivity index (χ3n) is 2.71. The Morgan fingerprint density at radius 1 is 1.45 bits per heavy atom. The Hall–Kier alpha value is -1.63. The van der Waals surface area contributed by atoms with E-state index < -0.39 is 24.5 Å². The van der Waals surface area contributed by atoms with Crippen LogP contribution < -0.4 is 5.32 Å². The van der Waals surface area contributed by atoms with Crippen LogP contribution in [0.1, 0.15) is 9.67 Å². The van der Waals surface area contributed by atoms with Crippen LogP contribution in [0.4, 0.5) is 0 Å². The number of thiophene rings is 1. The lowest BCUT2D eigenvalue weighted by molar-refractivity contribution is -0.143. The summed E-state index contributed by atoms with van der Waals surface area (Å²) in [5.41, 5.74) is 0. The number of nitrogens with one attached hydrogen (secondary N) is 1. The smallest absolute Gasteiger partial charge is 0.330 e. The number of fused-ring (bicyclic) bond motifs is 1. The van der Waals surface area contributed by atoms with E-state index in [0.717, 1.165) is 10.1 Å². The van der Waals surface area contributed by atoms with Crippen LogP contribution in [0.5, 0.6) is 0 Å². The van der Waals surface area contributed by atoms with Gasteiger partial charge in [0.05, 0.1) is 18.7 Å². The number of hydrogen-bond acceptors (Lipinski definition) is 5. The van der Waals surface area contributed by atoms with Gasteiger partial charge in [-0.05, 0) is 6.07 Å². The molecule has 1 heterocycles. The number of halogens is 1. The van der Waals surface area contributed by atoms with Gasteiger partial charge in [-0.15, -0.1) is 11.3 Å². The van der Waals surface area contributed by atoms with Crippen LogP contribution in [0.15, 0.2) is 24.3 Å². The van der Waals surface area contributed by atoms with Crippen LogP contribution in [0.25, 0.3) is 10.1 Å². The lowest BCUT2D eigenvalue weighted by Gasteiger charge is -2.13. The minimum Gasteiger partial charge on any atom is -0.467 e. The fourth-order valence-corrected chi connectivity index (χ4v) is 3.13. The van der Waals surface area contributed by atoms with Crippen molar-refractivity contribution in [3.8, 4) is 0 Å². The zero-order chi connectivity index (χ0) is 14.7. The largest absolute Gasteiger partial charge is 0.467 e. The highest BCUT2D eigenvalue weighted by Crippen LogP contribution is 2.34. The molecule has 0 fully saturated rings. The first kappa shape index (κ1) is 14.8. The number of hydrogen-bond donors (Lipinski definition) is 2. The Balaban J connectivity index is 2.27. The molecular formula is C13H12ClNO4S. The number of carbonyl (C=O) groups excluding carboxylic acids is 2. The first-order chi connectivity index (χ1) is 9.58. The average molecular weight is 314 g/mol. The van der Waals surface area contributed by atoms with Crippen LogP contribution >= 0.6 is 22.9 Å². The number of amides is 1. The standard InChI is InChI=1S/C13H12ClNO4S/c1-19-13(18)8(6-16)15-12(17)11-10(14)7-4-2-3-5-9(7)20-11/h2-5,8,16H,6H2,1H3,(H,15,17)/t8-/m0/s1. The lowest BCUT2D eigenvalue weighted by Crippen LogP contribution is -2.43. The van der Waals surface area contributed by atoms with Gasteiger partial charge in [-0.1, -0.05) is 29.8 Å². The Morgan fingerprint density at radius 3 is 2.75 bits per heavy atom. The quantitative estimate of drug-likeness (QED) is 0.844. The molecule has 0 saturated heterocycles. The number of ether oxygens (including phenoxy) is 1. The minimum absolute atomic E-state index is 0.301. The molecule has 7 heteroatoms. The monoisotopic (exact) mass is 313 g/mol. The molecule has 2 N–H and O–H groups in total. The molecule has 5 nitrogen and oxygen atoms in total. The summed E-state index contributed by atoms with van der Waals surface area (Å²) in [4.78, 5) is 23.8. The maximum Gasteiger partial charge on any atom is 0.330 e. The molecule has 2 aromatic rings. The summed E-state index contributed by atoms with van der Waals surface area (Å²) < 4.78 is 5.36. The molecule has 0 spiro atoms. The second-order valence-electron chi connectivity index (χ2n) is 3.97. The summed E-state index contributed by atoms with van der Waals surface area (Å²) in [6.45, 7) is -0.541. The summed E-state index contributed by atoms with van der Waals surface area (Å²) in [6, 6.07) is 6.24. The van der Waals surface area contributed by atoms with Crippen LogP contribution in [0.2, 0.25) is 5.02 Å². The number of aliphatic hydroxyl groups is 1. The van der Waals surface area contributed by atoms with Gasteiger partial charge in [0.2, 0.25) is 0 Å². The highest BCUT2D eigenvalue weighted by molar-refractivity contribution is 7.21. The van der Waals surface area contributed by atoms with Crippen molar-refractivity contribution in [2.45, 2.75) is 6.04 Å². The molecule has 1 atom stereocenters. The molecule has 0 radical (unpaired) electrons.